The lowest BCUT2D eigenvalue weighted by Crippen LogP contribution is -2.17. The molecule has 0 N–H and O–H groups in total. The second kappa shape index (κ2) is 4.96. The van der Waals surface area contributed by atoms with Crippen molar-refractivity contribution in [3.8, 4) is 0 Å². The number of thioether (sulfide) groups is 1. The summed E-state index contributed by atoms with van der Waals surface area (Å²) in [5.74, 6) is 1.66. The van der Waals surface area contributed by atoms with Gasteiger partial charge in [-0.15, -0.1) is 18.3 Å². The second-order valence-electron chi connectivity index (χ2n) is 4.61. The van der Waals surface area contributed by atoms with Crippen LogP contribution in [0.1, 0.15) is 19.4 Å². The molecule has 0 spiro atoms. The molecule has 1 aliphatic rings. The van der Waals surface area contributed by atoms with Gasteiger partial charge in [0.2, 0.25) is 5.90 Å². The molecule has 90 valence electrons. The van der Waals surface area contributed by atoms with Crippen molar-refractivity contribution in [3.63, 3.8) is 0 Å². The van der Waals surface area contributed by atoms with Crippen LogP contribution in [0.4, 0.5) is 0 Å². The van der Waals surface area contributed by atoms with E-state index in [2.05, 4.69) is 37.6 Å². The molecule has 0 aromatic heterocycles. The van der Waals surface area contributed by atoms with Gasteiger partial charge in [-0.25, -0.2) is 4.99 Å². The second-order valence-corrected chi connectivity index (χ2v) is 5.68. The normalized spacial score (nSPS) is 17.4. The van der Waals surface area contributed by atoms with E-state index in [1.807, 2.05) is 18.2 Å². The summed E-state index contributed by atoms with van der Waals surface area (Å²) in [6, 6.07) is 8.21. The molecule has 0 unspecified atom stereocenters. The minimum Gasteiger partial charge on any atom is -0.475 e. The third-order valence-corrected chi connectivity index (χ3v) is 3.51. The zero-order valence-corrected chi connectivity index (χ0v) is 11.1. The molecule has 0 amide bonds. The highest BCUT2D eigenvalue weighted by molar-refractivity contribution is 7.99. The van der Waals surface area contributed by atoms with Crippen molar-refractivity contribution in [2.24, 2.45) is 4.99 Å². The van der Waals surface area contributed by atoms with Crippen molar-refractivity contribution in [1.82, 2.24) is 0 Å². The van der Waals surface area contributed by atoms with E-state index in [-0.39, 0.29) is 5.54 Å². The largest absolute Gasteiger partial charge is 0.475 e. The van der Waals surface area contributed by atoms with Gasteiger partial charge in [0.15, 0.2) is 0 Å². The van der Waals surface area contributed by atoms with E-state index in [0.717, 1.165) is 17.2 Å². The first kappa shape index (κ1) is 12.2. The zero-order valence-electron chi connectivity index (χ0n) is 10.3. The number of rotatable bonds is 4. The van der Waals surface area contributed by atoms with Gasteiger partial charge in [-0.3, -0.25) is 0 Å². The van der Waals surface area contributed by atoms with E-state index in [4.69, 9.17) is 4.74 Å². The molecule has 0 saturated carbocycles. The van der Waals surface area contributed by atoms with E-state index in [1.54, 1.807) is 11.8 Å². The van der Waals surface area contributed by atoms with E-state index in [0.29, 0.717) is 6.61 Å². The SMILES string of the molecule is C=CCSc1ccccc1C1=NC(C)(C)CO1. The monoisotopic (exact) mass is 247 g/mol. The Morgan fingerprint density at radius 3 is 2.88 bits per heavy atom. The minimum atomic E-state index is -0.106. The molecule has 0 aliphatic carbocycles. The molecule has 1 aromatic carbocycles. The van der Waals surface area contributed by atoms with Gasteiger partial charge in [0.1, 0.15) is 6.61 Å². The number of ether oxygens (including phenoxy) is 1. The molecule has 2 nitrogen and oxygen atoms in total. The maximum absolute atomic E-state index is 5.69. The molecular weight excluding hydrogens is 230 g/mol. The first-order valence-corrected chi connectivity index (χ1v) is 6.67. The number of hydrogen-bond donors (Lipinski definition) is 0. The molecule has 0 radical (unpaired) electrons. The van der Waals surface area contributed by atoms with Crippen LogP contribution >= 0.6 is 11.8 Å². The summed E-state index contributed by atoms with van der Waals surface area (Å²) < 4.78 is 5.69. The average molecular weight is 247 g/mol. The van der Waals surface area contributed by atoms with Crippen molar-refractivity contribution in [2.45, 2.75) is 24.3 Å². The Balaban J connectivity index is 2.29. The number of hydrogen-bond acceptors (Lipinski definition) is 3. The Kier molecular flexibility index (Phi) is 3.57. The van der Waals surface area contributed by atoms with Crippen molar-refractivity contribution in [3.05, 3.63) is 42.5 Å². The van der Waals surface area contributed by atoms with Crippen LogP contribution in [0.5, 0.6) is 0 Å². The van der Waals surface area contributed by atoms with Crippen molar-refractivity contribution < 1.29 is 4.74 Å². The number of aliphatic imine (C=N–C) groups is 1. The van der Waals surface area contributed by atoms with Gasteiger partial charge in [-0.1, -0.05) is 18.2 Å². The summed E-state index contributed by atoms with van der Waals surface area (Å²) in [7, 11) is 0. The lowest BCUT2D eigenvalue weighted by atomic mass is 10.1. The molecular formula is C14H17NOS. The van der Waals surface area contributed by atoms with Crippen LogP contribution < -0.4 is 0 Å². The maximum Gasteiger partial charge on any atom is 0.217 e. The van der Waals surface area contributed by atoms with E-state index >= 15 is 0 Å². The average Bonchev–Trinajstić information content (AvgIpc) is 2.67. The minimum absolute atomic E-state index is 0.106. The van der Waals surface area contributed by atoms with Crippen LogP contribution in [-0.4, -0.2) is 23.8 Å². The quantitative estimate of drug-likeness (QED) is 0.600. The van der Waals surface area contributed by atoms with Crippen LogP contribution in [0.15, 0.2) is 46.8 Å². The Bertz CT molecular complexity index is 451. The summed E-state index contributed by atoms with van der Waals surface area (Å²) in [6.45, 7) is 8.56. The van der Waals surface area contributed by atoms with Crippen LogP contribution in [0, 0.1) is 0 Å². The number of nitrogens with zero attached hydrogens (tertiary/aromatic N) is 1. The molecule has 3 heteroatoms. The fourth-order valence-corrected chi connectivity index (χ4v) is 2.42. The smallest absolute Gasteiger partial charge is 0.217 e. The van der Waals surface area contributed by atoms with Gasteiger partial charge in [-0.05, 0) is 26.0 Å². The van der Waals surface area contributed by atoms with Crippen molar-refractivity contribution in [1.29, 1.82) is 0 Å². The fourth-order valence-electron chi connectivity index (χ4n) is 1.64. The molecule has 0 atom stereocenters. The molecule has 17 heavy (non-hydrogen) atoms. The van der Waals surface area contributed by atoms with Gasteiger partial charge in [0.05, 0.1) is 5.54 Å². The van der Waals surface area contributed by atoms with E-state index in [9.17, 15) is 0 Å². The molecule has 1 aliphatic heterocycles. The molecule has 0 fully saturated rings. The van der Waals surface area contributed by atoms with Gasteiger partial charge in [-0.2, -0.15) is 0 Å². The first-order valence-electron chi connectivity index (χ1n) is 5.68. The predicted octanol–water partition coefficient (Wildman–Crippen LogP) is 3.52. The van der Waals surface area contributed by atoms with Gasteiger partial charge in [0.25, 0.3) is 0 Å². The fraction of sp³-hybridized carbons (Fsp3) is 0.357. The molecule has 1 heterocycles. The van der Waals surface area contributed by atoms with Crippen LogP contribution in [-0.2, 0) is 4.74 Å². The highest BCUT2D eigenvalue weighted by Gasteiger charge is 2.27. The highest BCUT2D eigenvalue weighted by atomic mass is 32.2. The Morgan fingerprint density at radius 2 is 2.24 bits per heavy atom. The Hall–Kier alpha value is -1.22. The lowest BCUT2D eigenvalue weighted by Gasteiger charge is -2.07. The van der Waals surface area contributed by atoms with E-state index in [1.165, 1.54) is 4.90 Å². The summed E-state index contributed by atoms with van der Waals surface area (Å²) in [6.07, 6.45) is 1.91. The summed E-state index contributed by atoms with van der Waals surface area (Å²) in [5, 5.41) is 0. The predicted molar refractivity (Wildman–Crippen MR) is 73.9 cm³/mol. The van der Waals surface area contributed by atoms with Crippen LogP contribution in [0.3, 0.4) is 0 Å². The Labute approximate surface area is 107 Å². The van der Waals surface area contributed by atoms with Crippen molar-refractivity contribution >= 4 is 17.7 Å². The highest BCUT2D eigenvalue weighted by Crippen LogP contribution is 2.27. The summed E-state index contributed by atoms with van der Waals surface area (Å²) >= 11 is 1.76. The standard InChI is InChI=1S/C14H17NOS/c1-4-9-17-12-8-6-5-7-11(12)13-15-14(2,3)10-16-13/h4-8H,1,9-10H2,2-3H3. The third kappa shape index (κ3) is 2.91. The lowest BCUT2D eigenvalue weighted by molar-refractivity contribution is 0.279. The third-order valence-electron chi connectivity index (χ3n) is 2.44. The molecule has 1 aromatic rings. The van der Waals surface area contributed by atoms with Crippen molar-refractivity contribution in [2.75, 3.05) is 12.4 Å². The molecule has 0 bridgehead atoms. The molecule has 0 saturated heterocycles. The molecule has 2 rings (SSSR count). The van der Waals surface area contributed by atoms with Gasteiger partial charge >= 0.3 is 0 Å². The van der Waals surface area contributed by atoms with E-state index < -0.39 is 0 Å². The number of benzene rings is 1. The van der Waals surface area contributed by atoms with Crippen LogP contribution in [0.2, 0.25) is 0 Å². The summed E-state index contributed by atoms with van der Waals surface area (Å²) in [4.78, 5) is 5.81. The zero-order chi connectivity index (χ0) is 12.3. The van der Waals surface area contributed by atoms with Gasteiger partial charge in [0, 0.05) is 16.2 Å². The van der Waals surface area contributed by atoms with Crippen LogP contribution in [0.25, 0.3) is 0 Å². The topological polar surface area (TPSA) is 21.6 Å². The maximum atomic E-state index is 5.69. The van der Waals surface area contributed by atoms with Gasteiger partial charge < -0.3 is 4.74 Å². The Morgan fingerprint density at radius 1 is 1.47 bits per heavy atom. The first-order chi connectivity index (χ1) is 8.12. The summed E-state index contributed by atoms with van der Waals surface area (Å²) in [5.41, 5.74) is 0.982.